The van der Waals surface area contributed by atoms with E-state index in [9.17, 15) is 18.0 Å². The second kappa shape index (κ2) is 12.6. The first kappa shape index (κ1) is 29.9. The number of nitrogens with zero attached hydrogens (tertiary/aromatic N) is 3. The molecule has 2 aliphatic rings. The first-order chi connectivity index (χ1) is 18.9. The lowest BCUT2D eigenvalue weighted by molar-refractivity contribution is -0.139. The van der Waals surface area contributed by atoms with Crippen LogP contribution in [0.15, 0.2) is 30.3 Å². The minimum atomic E-state index is -3.99. The molecule has 1 aromatic heterocycles. The number of aryl methyl sites for hydroxylation is 1. The van der Waals surface area contributed by atoms with E-state index in [4.69, 9.17) is 9.47 Å². The predicted molar refractivity (Wildman–Crippen MR) is 166 cm³/mol. The molecule has 224 valence electrons. The molecule has 0 unspecified atom stereocenters. The predicted octanol–water partition coefficient (Wildman–Crippen LogP) is 3.16. The van der Waals surface area contributed by atoms with E-state index < -0.39 is 31.8 Å². The van der Waals surface area contributed by atoms with Gasteiger partial charge in [0.15, 0.2) is 5.75 Å². The number of nitrogens with one attached hydrogen (secondary N) is 2. The zero-order chi connectivity index (χ0) is 28.9. The van der Waals surface area contributed by atoms with Crippen LogP contribution in [0.25, 0.3) is 0 Å². The summed E-state index contributed by atoms with van der Waals surface area (Å²) >= 11 is 0. The first-order valence-electron chi connectivity index (χ1n) is 13.3. The lowest BCUT2D eigenvalue weighted by Crippen LogP contribution is -2.39. The van der Waals surface area contributed by atoms with Crippen LogP contribution in [0.5, 0.6) is 0 Å². The van der Waals surface area contributed by atoms with Crippen molar-refractivity contribution >= 4 is 54.9 Å². The highest BCUT2D eigenvalue weighted by atomic mass is 32.3. The van der Waals surface area contributed by atoms with Crippen LogP contribution in [0.2, 0.25) is 0 Å². The van der Waals surface area contributed by atoms with Crippen LogP contribution in [0.1, 0.15) is 25.7 Å². The summed E-state index contributed by atoms with van der Waals surface area (Å²) in [5.41, 5.74) is 2.29. The van der Waals surface area contributed by atoms with Crippen molar-refractivity contribution in [1.29, 1.82) is 0 Å². The van der Waals surface area contributed by atoms with Gasteiger partial charge in [-0.2, -0.15) is 0 Å². The number of carbonyl (C=O) groups is 2. The van der Waals surface area contributed by atoms with E-state index in [-0.39, 0.29) is 21.1 Å². The number of hydrogen-bond acceptors (Lipinski definition) is 9. The molecule has 0 saturated carbocycles. The number of benzene rings is 1. The van der Waals surface area contributed by atoms with Crippen molar-refractivity contribution in [3.63, 3.8) is 0 Å². The lowest BCUT2D eigenvalue weighted by Gasteiger charge is -2.42. The molecule has 2 aliphatic heterocycles. The molecule has 1 aromatic carbocycles. The number of pyridine rings is 1. The monoisotopic (exact) mass is 597 g/mol. The highest BCUT2D eigenvalue weighted by Crippen LogP contribution is 2.43. The van der Waals surface area contributed by atoms with E-state index in [1.807, 2.05) is 19.1 Å². The molecule has 2 saturated heterocycles. The van der Waals surface area contributed by atoms with E-state index in [0.717, 1.165) is 49.1 Å². The molecule has 40 heavy (non-hydrogen) atoms. The molecule has 2 N–H and O–H groups in total. The van der Waals surface area contributed by atoms with E-state index in [1.54, 1.807) is 19.1 Å². The number of ether oxygens (including phenoxy) is 2. The molecule has 0 spiro atoms. The van der Waals surface area contributed by atoms with E-state index >= 15 is 0 Å². The highest BCUT2D eigenvalue weighted by Gasteiger charge is 2.26. The summed E-state index contributed by atoms with van der Waals surface area (Å²) in [5.74, 6) is 1.30. The Morgan fingerprint density at radius 1 is 1.07 bits per heavy atom. The Kier molecular flexibility index (Phi) is 9.47. The van der Waals surface area contributed by atoms with E-state index in [1.165, 1.54) is 6.07 Å². The van der Waals surface area contributed by atoms with Gasteiger partial charge in [0.25, 0.3) is 5.91 Å². The summed E-state index contributed by atoms with van der Waals surface area (Å²) in [6.07, 6.45) is 4.60. The number of sulfonamides is 1. The number of carbonyl (C=O) groups excluding carboxylic acids is 2. The van der Waals surface area contributed by atoms with Crippen molar-refractivity contribution in [3.05, 3.63) is 41.5 Å². The molecule has 13 heteroatoms. The van der Waals surface area contributed by atoms with Crippen molar-refractivity contribution < 1.29 is 30.3 Å². The van der Waals surface area contributed by atoms with Crippen LogP contribution in [0.4, 0.5) is 23.0 Å². The molecule has 0 aliphatic carbocycles. The highest BCUT2D eigenvalue weighted by molar-refractivity contribution is 8.32. The van der Waals surface area contributed by atoms with Crippen LogP contribution in [0.3, 0.4) is 0 Å². The third kappa shape index (κ3) is 8.01. The average molecular weight is 598 g/mol. The smallest absolute Gasteiger partial charge is 0.323 e. The second-order valence-corrected chi connectivity index (χ2v) is 16.6. The molecule has 1 amide bonds. The average Bonchev–Trinajstić information content (AvgIpc) is 2.88. The Balaban J connectivity index is 0.00000308. The zero-order valence-corrected chi connectivity index (χ0v) is 25.2. The fourth-order valence-corrected chi connectivity index (χ4v) is 7.23. The van der Waals surface area contributed by atoms with Gasteiger partial charge in [0, 0.05) is 29.0 Å². The summed E-state index contributed by atoms with van der Waals surface area (Å²) < 4.78 is 37.9. The number of amides is 1. The lowest BCUT2D eigenvalue weighted by atomic mass is 10.1. The van der Waals surface area contributed by atoms with Crippen molar-refractivity contribution in [3.8, 4) is 0 Å². The van der Waals surface area contributed by atoms with Gasteiger partial charge in [0.1, 0.15) is 11.6 Å². The fourth-order valence-electron chi connectivity index (χ4n) is 4.64. The Hall–Kier alpha value is -3.03. The minimum absolute atomic E-state index is 0. The molecular weight excluding hydrogens is 554 g/mol. The van der Waals surface area contributed by atoms with E-state index in [2.05, 4.69) is 37.3 Å². The fraction of sp³-hybridized carbons (Fsp3) is 0.519. The van der Waals surface area contributed by atoms with Crippen LogP contribution in [-0.2, 0) is 24.3 Å². The molecule has 11 nitrogen and oxygen atoms in total. The molecule has 4 rings (SSSR count). The van der Waals surface area contributed by atoms with Gasteiger partial charge in [-0.05, 0) is 73.8 Å². The third-order valence-electron chi connectivity index (χ3n) is 6.83. The molecule has 0 radical (unpaired) electrons. The van der Waals surface area contributed by atoms with Gasteiger partial charge in [0.2, 0.25) is 10.0 Å². The molecular formula is C27H43N5O6S2. The molecule has 3 heterocycles. The number of hydrogen-bond donors (Lipinski definition) is 2. The summed E-state index contributed by atoms with van der Waals surface area (Å²) in [7, 11) is -4.70. The molecule has 0 bridgehead atoms. The Morgan fingerprint density at radius 2 is 1.77 bits per heavy atom. The first-order valence-corrected chi connectivity index (χ1v) is 17.8. The molecule has 0 atom stereocenters. The maximum Gasteiger partial charge on any atom is 0.323 e. The number of esters is 1. The quantitative estimate of drug-likeness (QED) is 0.419. The largest absolute Gasteiger partial charge is 0.465 e. The minimum Gasteiger partial charge on any atom is -0.465 e. The maximum atomic E-state index is 13.6. The number of rotatable bonds is 9. The van der Waals surface area contributed by atoms with Crippen LogP contribution in [-0.4, -0.2) is 101 Å². The van der Waals surface area contributed by atoms with Gasteiger partial charge in [-0.15, -0.1) is 0 Å². The summed E-state index contributed by atoms with van der Waals surface area (Å²) in [5, 5.41) is 2.95. The zero-order valence-electron chi connectivity index (χ0n) is 23.6. The topological polar surface area (TPSA) is 130 Å². The summed E-state index contributed by atoms with van der Waals surface area (Å²) in [6, 6.07) is 8.61. The maximum absolute atomic E-state index is 13.6. The van der Waals surface area contributed by atoms with Crippen molar-refractivity contribution in [2.45, 2.75) is 13.8 Å². The molecule has 2 aromatic rings. The van der Waals surface area contributed by atoms with Crippen molar-refractivity contribution in [2.24, 2.45) is 0 Å². The van der Waals surface area contributed by atoms with Crippen molar-refractivity contribution in [1.82, 2.24) is 4.98 Å². The van der Waals surface area contributed by atoms with Gasteiger partial charge in [-0.25, -0.2) is 23.4 Å². The van der Waals surface area contributed by atoms with Gasteiger partial charge >= 0.3 is 5.97 Å². The van der Waals surface area contributed by atoms with Gasteiger partial charge in [-0.1, -0.05) is 0 Å². The van der Waals surface area contributed by atoms with Crippen LogP contribution < -0.4 is 19.8 Å². The summed E-state index contributed by atoms with van der Waals surface area (Å²) in [6.45, 7) is 7.91. The normalized spacial score (nSPS) is 18.1. The van der Waals surface area contributed by atoms with E-state index in [0.29, 0.717) is 30.3 Å². The van der Waals surface area contributed by atoms with Gasteiger partial charge in [0.05, 0.1) is 36.8 Å². The Bertz CT molecular complexity index is 1350. The third-order valence-corrected chi connectivity index (χ3v) is 10.6. The van der Waals surface area contributed by atoms with Crippen LogP contribution >= 0.6 is 10.0 Å². The Labute approximate surface area is 240 Å². The number of morpholine rings is 1. The SMILES string of the molecule is CCOC(=O)CS(=O)(=O)Nc1ccc(C(=O)Nc2cc(C)cc(N3CCOCC3)n2)c(N2CCS(C)(C)CC2)c1.[HH].[HH]. The Morgan fingerprint density at radius 3 is 2.45 bits per heavy atom. The molecule has 2 fully saturated rings. The summed E-state index contributed by atoms with van der Waals surface area (Å²) in [4.78, 5) is 34.3. The standard InChI is InChI=1S/C27H39N5O6S2.2H2/c1-5-38-26(33)19-40(35,36)30-21-6-7-22(23(18-21)31-10-14-39(3,4)15-11-31)27(34)29-24-16-20(2)17-25(28-24)32-8-12-37-13-9-32;;/h6-7,16-18,30H,5,8-15,19H2,1-4H3,(H,28,29,34);2*1H. The van der Waals surface area contributed by atoms with Gasteiger partial charge in [-0.3, -0.25) is 14.3 Å². The number of anilines is 4. The van der Waals surface area contributed by atoms with Crippen molar-refractivity contribution in [2.75, 3.05) is 95.6 Å². The number of aromatic nitrogens is 1. The van der Waals surface area contributed by atoms with Gasteiger partial charge < -0.3 is 24.6 Å². The second-order valence-electron chi connectivity index (χ2n) is 10.5. The van der Waals surface area contributed by atoms with Crippen LogP contribution in [0, 0.1) is 6.92 Å².